The zero-order valence-corrected chi connectivity index (χ0v) is 12.6. The van der Waals surface area contributed by atoms with Crippen molar-refractivity contribution in [2.75, 3.05) is 13.7 Å². The van der Waals surface area contributed by atoms with Crippen LogP contribution in [0.1, 0.15) is 18.6 Å². The van der Waals surface area contributed by atoms with Gasteiger partial charge in [0.25, 0.3) is 10.2 Å². The molecule has 0 saturated heterocycles. The Bertz CT molecular complexity index is 575. The van der Waals surface area contributed by atoms with Crippen LogP contribution in [0.3, 0.4) is 0 Å². The lowest BCUT2D eigenvalue weighted by Crippen LogP contribution is -2.46. The van der Waals surface area contributed by atoms with Gasteiger partial charge in [-0.25, -0.2) is 4.39 Å². The van der Waals surface area contributed by atoms with Crippen LogP contribution in [0.15, 0.2) is 24.3 Å². The summed E-state index contributed by atoms with van der Waals surface area (Å²) in [4.78, 5) is 0. The van der Waals surface area contributed by atoms with Gasteiger partial charge >= 0.3 is 6.18 Å². The Kier molecular flexibility index (Phi) is 6.29. The molecule has 0 spiro atoms. The number of nitrogens with one attached hydrogen (secondary N) is 2. The SMILES string of the molecule is CO[C@H](c1ccc(F)cc1)[C@@H](C)NS(=O)(=O)NCC(F)(F)F. The van der Waals surface area contributed by atoms with Gasteiger partial charge in [0.1, 0.15) is 12.4 Å². The Balaban J connectivity index is 2.76. The van der Waals surface area contributed by atoms with Crippen molar-refractivity contribution in [3.05, 3.63) is 35.6 Å². The zero-order valence-electron chi connectivity index (χ0n) is 11.8. The van der Waals surface area contributed by atoms with Crippen LogP contribution in [0.4, 0.5) is 17.6 Å². The van der Waals surface area contributed by atoms with E-state index in [4.69, 9.17) is 4.74 Å². The van der Waals surface area contributed by atoms with Gasteiger partial charge in [-0.15, -0.1) is 0 Å². The molecule has 1 aromatic carbocycles. The van der Waals surface area contributed by atoms with Gasteiger partial charge < -0.3 is 4.74 Å². The number of alkyl halides is 3. The van der Waals surface area contributed by atoms with Crippen molar-refractivity contribution in [1.82, 2.24) is 9.44 Å². The number of methoxy groups -OCH3 is 1. The Morgan fingerprint density at radius 1 is 1.23 bits per heavy atom. The predicted octanol–water partition coefficient (Wildman–Crippen LogP) is 1.89. The topological polar surface area (TPSA) is 67.4 Å². The maximum absolute atomic E-state index is 12.9. The lowest BCUT2D eigenvalue weighted by molar-refractivity contribution is -0.121. The molecule has 1 aromatic rings. The third-order valence-electron chi connectivity index (χ3n) is 2.71. The van der Waals surface area contributed by atoms with Crippen molar-refractivity contribution >= 4 is 10.2 Å². The lowest BCUT2D eigenvalue weighted by Gasteiger charge is -2.24. The summed E-state index contributed by atoms with van der Waals surface area (Å²) in [7, 11) is -3.05. The maximum atomic E-state index is 12.9. The molecule has 0 fully saturated rings. The van der Waals surface area contributed by atoms with E-state index < -0.39 is 40.9 Å². The minimum absolute atomic E-state index is 0.473. The van der Waals surface area contributed by atoms with E-state index in [-0.39, 0.29) is 0 Å². The van der Waals surface area contributed by atoms with E-state index in [2.05, 4.69) is 0 Å². The van der Waals surface area contributed by atoms with Gasteiger partial charge in [-0.1, -0.05) is 12.1 Å². The lowest BCUT2D eigenvalue weighted by atomic mass is 10.0. The molecule has 2 N–H and O–H groups in total. The highest BCUT2D eigenvalue weighted by molar-refractivity contribution is 7.87. The van der Waals surface area contributed by atoms with Gasteiger partial charge in [0.05, 0.1) is 12.1 Å². The second-order valence-electron chi connectivity index (χ2n) is 4.55. The summed E-state index contributed by atoms with van der Waals surface area (Å²) in [6.45, 7) is -0.256. The summed E-state index contributed by atoms with van der Waals surface area (Å²) >= 11 is 0. The molecule has 0 aliphatic heterocycles. The van der Waals surface area contributed by atoms with Gasteiger partial charge in [0, 0.05) is 7.11 Å². The molecule has 0 heterocycles. The number of halogens is 4. The van der Waals surface area contributed by atoms with Crippen LogP contribution in [-0.2, 0) is 14.9 Å². The molecule has 0 bridgehead atoms. The summed E-state index contributed by atoms with van der Waals surface area (Å²) in [5.74, 6) is -0.473. The van der Waals surface area contributed by atoms with Crippen LogP contribution in [0.5, 0.6) is 0 Å². The van der Waals surface area contributed by atoms with E-state index in [1.807, 2.05) is 4.72 Å². The minimum Gasteiger partial charge on any atom is -0.375 e. The first kappa shape index (κ1) is 18.8. The molecule has 0 saturated carbocycles. The van der Waals surface area contributed by atoms with E-state index in [9.17, 15) is 26.0 Å². The highest BCUT2D eigenvalue weighted by atomic mass is 32.2. The van der Waals surface area contributed by atoms with Crippen LogP contribution in [-0.4, -0.2) is 34.3 Å². The average molecular weight is 344 g/mol. The Morgan fingerprint density at radius 3 is 2.23 bits per heavy atom. The average Bonchev–Trinajstić information content (AvgIpc) is 2.38. The number of ether oxygens (including phenoxy) is 1. The number of benzene rings is 1. The number of hydrogen-bond acceptors (Lipinski definition) is 3. The molecule has 0 aromatic heterocycles. The second kappa shape index (κ2) is 7.36. The molecule has 5 nitrogen and oxygen atoms in total. The molecule has 0 aliphatic carbocycles. The third-order valence-corrected chi connectivity index (χ3v) is 3.92. The van der Waals surface area contributed by atoms with Gasteiger partial charge in [-0.05, 0) is 24.6 Å². The standard InChI is InChI=1S/C12H16F4N2O3S/c1-8(18-22(19,20)17-7-12(14,15)16)11(21-2)9-3-5-10(13)6-4-9/h3-6,8,11,17-18H,7H2,1-2H3/t8-,11+/m1/s1. The molecule has 1 rings (SSSR count). The van der Waals surface area contributed by atoms with Gasteiger partial charge in [-0.2, -0.15) is 31.0 Å². The van der Waals surface area contributed by atoms with Crippen LogP contribution in [0, 0.1) is 5.82 Å². The fraction of sp³-hybridized carbons (Fsp3) is 0.500. The van der Waals surface area contributed by atoms with Crippen molar-refractivity contribution in [2.24, 2.45) is 0 Å². The van der Waals surface area contributed by atoms with E-state index in [0.717, 1.165) is 0 Å². The Morgan fingerprint density at radius 2 is 1.77 bits per heavy atom. The van der Waals surface area contributed by atoms with Gasteiger partial charge in [-0.3, -0.25) is 0 Å². The highest BCUT2D eigenvalue weighted by Gasteiger charge is 2.31. The van der Waals surface area contributed by atoms with Gasteiger partial charge in [0.15, 0.2) is 0 Å². The molecule has 0 radical (unpaired) electrons. The first-order valence-electron chi connectivity index (χ1n) is 6.16. The third kappa shape index (κ3) is 6.26. The van der Waals surface area contributed by atoms with Crippen LogP contribution in [0.2, 0.25) is 0 Å². The highest BCUT2D eigenvalue weighted by Crippen LogP contribution is 2.21. The molecule has 0 aliphatic rings. The van der Waals surface area contributed by atoms with E-state index >= 15 is 0 Å². The molecule has 126 valence electrons. The summed E-state index contributed by atoms with van der Waals surface area (Å²) in [6.07, 6.45) is -5.45. The quantitative estimate of drug-likeness (QED) is 0.743. The summed E-state index contributed by atoms with van der Waals surface area (Å²) in [5.41, 5.74) is 0.481. The normalized spacial score (nSPS) is 15.5. The fourth-order valence-electron chi connectivity index (χ4n) is 1.81. The molecule has 22 heavy (non-hydrogen) atoms. The predicted molar refractivity (Wildman–Crippen MR) is 71.7 cm³/mol. The second-order valence-corrected chi connectivity index (χ2v) is 6.09. The first-order chi connectivity index (χ1) is 10.0. The van der Waals surface area contributed by atoms with Crippen molar-refractivity contribution in [3.63, 3.8) is 0 Å². The van der Waals surface area contributed by atoms with E-state index in [0.29, 0.717) is 5.56 Å². The maximum Gasteiger partial charge on any atom is 0.402 e. The zero-order chi connectivity index (χ0) is 17.0. The molecule has 0 unspecified atom stereocenters. The summed E-state index contributed by atoms with van der Waals surface area (Å²) in [5, 5.41) is 0. The molecular formula is C12H16F4N2O3S. The van der Waals surface area contributed by atoms with Gasteiger partial charge in [0.2, 0.25) is 0 Å². The number of hydrogen-bond donors (Lipinski definition) is 2. The van der Waals surface area contributed by atoms with Crippen molar-refractivity contribution < 1.29 is 30.7 Å². The molecule has 0 amide bonds. The van der Waals surface area contributed by atoms with Crippen molar-refractivity contribution in [1.29, 1.82) is 0 Å². The molecular weight excluding hydrogens is 328 g/mol. The van der Waals surface area contributed by atoms with Crippen molar-refractivity contribution in [2.45, 2.75) is 25.2 Å². The summed E-state index contributed by atoms with van der Waals surface area (Å²) < 4.78 is 80.6. The smallest absolute Gasteiger partial charge is 0.375 e. The monoisotopic (exact) mass is 344 g/mol. The first-order valence-corrected chi connectivity index (χ1v) is 7.64. The number of rotatable bonds is 7. The molecule has 10 heteroatoms. The largest absolute Gasteiger partial charge is 0.402 e. The van der Waals surface area contributed by atoms with E-state index in [1.165, 1.54) is 43.0 Å². The van der Waals surface area contributed by atoms with E-state index in [1.54, 1.807) is 0 Å². The molecule has 2 atom stereocenters. The fourth-order valence-corrected chi connectivity index (χ4v) is 2.86. The van der Waals surface area contributed by atoms with Crippen LogP contribution >= 0.6 is 0 Å². The summed E-state index contributed by atoms with van der Waals surface area (Å²) in [6, 6.07) is 4.27. The minimum atomic E-state index is -4.66. The Labute approximate surface area is 125 Å². The van der Waals surface area contributed by atoms with Crippen LogP contribution in [0.25, 0.3) is 0 Å². The Hall–Kier alpha value is -1.23. The van der Waals surface area contributed by atoms with Crippen molar-refractivity contribution in [3.8, 4) is 0 Å². The van der Waals surface area contributed by atoms with Crippen LogP contribution < -0.4 is 9.44 Å².